The predicted octanol–water partition coefficient (Wildman–Crippen LogP) is 1.19. The van der Waals surface area contributed by atoms with Crippen LogP contribution >= 0.6 is 0 Å². The quantitative estimate of drug-likeness (QED) is 0.695. The highest BCUT2D eigenvalue weighted by Gasteiger charge is 2.00. The third-order valence-electron chi connectivity index (χ3n) is 1.46. The average Bonchev–Trinajstić information content (AvgIpc) is 2.14. The lowest BCUT2D eigenvalue weighted by molar-refractivity contribution is 0.131. The normalized spacial score (nSPS) is 9.62. The lowest BCUT2D eigenvalue weighted by atomic mass is 10.3. The molecule has 0 aliphatic carbocycles. The molecule has 0 aliphatic rings. The molecule has 0 bridgehead atoms. The van der Waals surface area contributed by atoms with Crippen LogP contribution in [-0.2, 0) is 11.3 Å². The number of ether oxygens (including phenoxy) is 1. The Hall–Kier alpha value is -1.47. The minimum Gasteiger partial charge on any atom is -0.375 e. The van der Waals surface area contributed by atoms with Crippen LogP contribution in [-0.4, -0.2) is 16.6 Å². The van der Waals surface area contributed by atoms with Gasteiger partial charge in [-0.05, 0) is 19.9 Å². The maximum atomic E-state index is 8.63. The Bertz CT molecular complexity index is 330. The molecule has 0 spiro atoms. The largest absolute Gasteiger partial charge is 0.375 e. The van der Waals surface area contributed by atoms with Crippen LogP contribution in [0, 0.1) is 18.3 Å². The molecule has 4 heteroatoms. The van der Waals surface area contributed by atoms with Gasteiger partial charge in [-0.2, -0.15) is 5.26 Å². The summed E-state index contributed by atoms with van der Waals surface area (Å²) in [7, 11) is 0. The molecular formula is C9H11N3O. The number of nitriles is 1. The zero-order valence-corrected chi connectivity index (χ0v) is 7.74. The molecule has 0 N–H and O–H groups in total. The van der Waals surface area contributed by atoms with Gasteiger partial charge in [0, 0.05) is 6.61 Å². The molecule has 1 aromatic rings. The number of nitrogens with zero attached hydrogens (tertiary/aromatic N) is 3. The second kappa shape index (κ2) is 4.53. The van der Waals surface area contributed by atoms with Gasteiger partial charge in [0.15, 0.2) is 0 Å². The van der Waals surface area contributed by atoms with E-state index >= 15 is 0 Å². The van der Waals surface area contributed by atoms with Gasteiger partial charge in [0.1, 0.15) is 17.6 Å². The molecule has 0 saturated heterocycles. The summed E-state index contributed by atoms with van der Waals surface area (Å²) < 4.78 is 5.17. The number of hydrogen-bond acceptors (Lipinski definition) is 4. The Morgan fingerprint density at radius 3 is 2.92 bits per heavy atom. The van der Waals surface area contributed by atoms with Crippen LogP contribution in [0.5, 0.6) is 0 Å². The van der Waals surface area contributed by atoms with E-state index in [1.165, 1.54) is 0 Å². The number of rotatable bonds is 3. The van der Waals surface area contributed by atoms with Crippen LogP contribution < -0.4 is 0 Å². The average molecular weight is 177 g/mol. The van der Waals surface area contributed by atoms with E-state index in [-0.39, 0.29) is 0 Å². The maximum Gasteiger partial charge on any atom is 0.144 e. The lowest BCUT2D eigenvalue weighted by Crippen LogP contribution is -2.00. The summed E-state index contributed by atoms with van der Waals surface area (Å²) in [6.07, 6.45) is 0. The molecule has 13 heavy (non-hydrogen) atoms. The van der Waals surface area contributed by atoms with E-state index in [0.29, 0.717) is 24.7 Å². The molecular weight excluding hydrogens is 166 g/mol. The van der Waals surface area contributed by atoms with Crippen molar-refractivity contribution >= 4 is 0 Å². The van der Waals surface area contributed by atoms with Gasteiger partial charge in [0.05, 0.1) is 12.3 Å². The first kappa shape index (κ1) is 9.62. The molecule has 0 amide bonds. The van der Waals surface area contributed by atoms with Crippen molar-refractivity contribution in [3.63, 3.8) is 0 Å². The van der Waals surface area contributed by atoms with E-state index < -0.39 is 0 Å². The molecule has 0 saturated carbocycles. The van der Waals surface area contributed by atoms with E-state index in [9.17, 15) is 0 Å². The maximum absolute atomic E-state index is 8.63. The topological polar surface area (TPSA) is 58.8 Å². The predicted molar refractivity (Wildman–Crippen MR) is 46.8 cm³/mol. The standard InChI is InChI=1S/C9H11N3O/c1-3-13-6-9-4-8(5-10)11-7(2)12-9/h4H,3,6H2,1-2H3. The molecule has 0 atom stereocenters. The Morgan fingerprint density at radius 1 is 1.54 bits per heavy atom. The van der Waals surface area contributed by atoms with Crippen LogP contribution in [0.1, 0.15) is 24.1 Å². The summed E-state index contributed by atoms with van der Waals surface area (Å²) in [4.78, 5) is 8.06. The zero-order chi connectivity index (χ0) is 9.68. The fourth-order valence-corrected chi connectivity index (χ4v) is 0.967. The number of hydrogen-bond donors (Lipinski definition) is 0. The van der Waals surface area contributed by atoms with Gasteiger partial charge in [0.2, 0.25) is 0 Å². The molecule has 0 fully saturated rings. The minimum absolute atomic E-state index is 0.391. The van der Waals surface area contributed by atoms with Crippen molar-refractivity contribution in [2.24, 2.45) is 0 Å². The van der Waals surface area contributed by atoms with E-state index in [1.807, 2.05) is 13.0 Å². The highest BCUT2D eigenvalue weighted by Crippen LogP contribution is 2.01. The van der Waals surface area contributed by atoms with Gasteiger partial charge in [0.25, 0.3) is 0 Å². The van der Waals surface area contributed by atoms with Crippen LogP contribution in [0.2, 0.25) is 0 Å². The Labute approximate surface area is 77.2 Å². The summed E-state index contributed by atoms with van der Waals surface area (Å²) >= 11 is 0. The van der Waals surface area contributed by atoms with Crippen molar-refractivity contribution in [3.05, 3.63) is 23.3 Å². The Morgan fingerprint density at radius 2 is 2.31 bits per heavy atom. The highest BCUT2D eigenvalue weighted by molar-refractivity contribution is 5.22. The summed E-state index contributed by atoms with van der Waals surface area (Å²) in [5.74, 6) is 0.605. The number of aromatic nitrogens is 2. The molecule has 1 heterocycles. The van der Waals surface area contributed by atoms with E-state index in [0.717, 1.165) is 5.69 Å². The summed E-state index contributed by atoms with van der Waals surface area (Å²) in [6, 6.07) is 3.62. The first-order chi connectivity index (χ1) is 6.26. The van der Waals surface area contributed by atoms with Crippen molar-refractivity contribution in [3.8, 4) is 6.07 Å². The highest BCUT2D eigenvalue weighted by atomic mass is 16.5. The van der Waals surface area contributed by atoms with Crippen LogP contribution in [0.15, 0.2) is 6.07 Å². The van der Waals surface area contributed by atoms with E-state index in [1.54, 1.807) is 13.0 Å². The Balaban J connectivity index is 2.83. The SMILES string of the molecule is CCOCc1cc(C#N)nc(C)n1. The van der Waals surface area contributed by atoms with Gasteiger partial charge in [-0.3, -0.25) is 0 Å². The molecule has 0 unspecified atom stereocenters. The molecule has 1 rings (SSSR count). The van der Waals surface area contributed by atoms with Crippen molar-refractivity contribution in [1.29, 1.82) is 5.26 Å². The first-order valence-electron chi connectivity index (χ1n) is 4.08. The summed E-state index contributed by atoms with van der Waals surface area (Å²) in [5.41, 5.74) is 1.15. The molecule has 1 aromatic heterocycles. The van der Waals surface area contributed by atoms with E-state index in [4.69, 9.17) is 10.00 Å². The van der Waals surface area contributed by atoms with Crippen LogP contribution in [0.4, 0.5) is 0 Å². The molecule has 68 valence electrons. The van der Waals surface area contributed by atoms with Gasteiger partial charge in [-0.15, -0.1) is 0 Å². The smallest absolute Gasteiger partial charge is 0.144 e. The van der Waals surface area contributed by atoms with Gasteiger partial charge < -0.3 is 4.74 Å². The lowest BCUT2D eigenvalue weighted by Gasteiger charge is -2.01. The van der Waals surface area contributed by atoms with Crippen molar-refractivity contribution < 1.29 is 4.74 Å². The monoisotopic (exact) mass is 177 g/mol. The molecule has 0 aliphatic heterocycles. The summed E-state index contributed by atoms with van der Waals surface area (Å²) in [5, 5.41) is 8.63. The Kier molecular flexibility index (Phi) is 3.35. The first-order valence-corrected chi connectivity index (χ1v) is 4.08. The molecule has 0 radical (unpaired) electrons. The third-order valence-corrected chi connectivity index (χ3v) is 1.46. The molecule has 0 aromatic carbocycles. The van der Waals surface area contributed by atoms with Gasteiger partial charge >= 0.3 is 0 Å². The van der Waals surface area contributed by atoms with Crippen molar-refractivity contribution in [2.45, 2.75) is 20.5 Å². The van der Waals surface area contributed by atoms with E-state index in [2.05, 4.69) is 9.97 Å². The second-order valence-electron chi connectivity index (χ2n) is 2.54. The van der Waals surface area contributed by atoms with Gasteiger partial charge in [-0.25, -0.2) is 9.97 Å². The van der Waals surface area contributed by atoms with Crippen molar-refractivity contribution in [2.75, 3.05) is 6.61 Å². The van der Waals surface area contributed by atoms with Gasteiger partial charge in [-0.1, -0.05) is 0 Å². The summed E-state index contributed by atoms with van der Waals surface area (Å²) in [6.45, 7) is 4.76. The fraction of sp³-hybridized carbons (Fsp3) is 0.444. The van der Waals surface area contributed by atoms with Crippen LogP contribution in [0.25, 0.3) is 0 Å². The van der Waals surface area contributed by atoms with Crippen LogP contribution in [0.3, 0.4) is 0 Å². The third kappa shape index (κ3) is 2.80. The fourth-order valence-electron chi connectivity index (χ4n) is 0.967. The zero-order valence-electron chi connectivity index (χ0n) is 7.74. The van der Waals surface area contributed by atoms with Crippen molar-refractivity contribution in [1.82, 2.24) is 9.97 Å². The second-order valence-corrected chi connectivity index (χ2v) is 2.54. The number of aryl methyl sites for hydroxylation is 1. The minimum atomic E-state index is 0.391. The molecule has 4 nitrogen and oxygen atoms in total.